The highest BCUT2D eigenvalue weighted by Crippen LogP contribution is 2.26. The van der Waals surface area contributed by atoms with Gasteiger partial charge in [0, 0.05) is 14.1 Å². The van der Waals surface area contributed by atoms with E-state index in [0.717, 1.165) is 4.90 Å². The fourth-order valence-corrected chi connectivity index (χ4v) is 2.27. The minimum atomic E-state index is -0.585. The lowest BCUT2D eigenvalue weighted by molar-refractivity contribution is -0.136. The second-order valence-corrected chi connectivity index (χ2v) is 4.63. The third kappa shape index (κ3) is 2.24. The second-order valence-electron chi connectivity index (χ2n) is 4.63. The van der Waals surface area contributed by atoms with Crippen LogP contribution in [0.15, 0.2) is 24.3 Å². The Labute approximate surface area is 116 Å². The number of imide groups is 1. The van der Waals surface area contributed by atoms with E-state index in [1.165, 1.54) is 14.2 Å². The van der Waals surface area contributed by atoms with Gasteiger partial charge in [0.2, 0.25) is 5.91 Å². The van der Waals surface area contributed by atoms with Gasteiger partial charge in [-0.15, -0.1) is 0 Å². The van der Waals surface area contributed by atoms with E-state index in [-0.39, 0.29) is 18.2 Å². The summed E-state index contributed by atoms with van der Waals surface area (Å²) in [6.45, 7) is 0. The number of methoxy groups -OCH3 is 1. The summed E-state index contributed by atoms with van der Waals surface area (Å²) in [7, 11) is 4.46. The summed E-state index contributed by atoms with van der Waals surface area (Å²) < 4.78 is 4.73. The first kappa shape index (κ1) is 14.0. The summed E-state index contributed by atoms with van der Waals surface area (Å²) in [6, 6.07) is 6.25. The summed E-state index contributed by atoms with van der Waals surface area (Å²) in [5.74, 6) is -0.961. The van der Waals surface area contributed by atoms with Gasteiger partial charge >= 0.3 is 5.97 Å². The number of hydrogen-bond acceptors (Lipinski definition) is 5. The number of esters is 1. The maximum absolute atomic E-state index is 12.0. The van der Waals surface area contributed by atoms with Crippen LogP contribution in [0.5, 0.6) is 0 Å². The molecule has 0 saturated carbocycles. The molecule has 1 heterocycles. The maximum Gasteiger partial charge on any atom is 0.339 e. The quantitative estimate of drug-likeness (QED) is 0.599. The molecular weight excluding hydrogens is 260 g/mol. The number of amides is 2. The highest BCUT2D eigenvalue weighted by molar-refractivity contribution is 6.07. The van der Waals surface area contributed by atoms with E-state index < -0.39 is 12.0 Å². The molecule has 2 rings (SSSR count). The Morgan fingerprint density at radius 2 is 2.00 bits per heavy atom. The van der Waals surface area contributed by atoms with Crippen LogP contribution in [0.1, 0.15) is 16.8 Å². The Morgan fingerprint density at radius 1 is 1.35 bits per heavy atom. The summed E-state index contributed by atoms with van der Waals surface area (Å²) in [4.78, 5) is 38.1. The predicted molar refractivity (Wildman–Crippen MR) is 72.4 cm³/mol. The van der Waals surface area contributed by atoms with Gasteiger partial charge in [-0.05, 0) is 12.1 Å². The molecule has 20 heavy (non-hydrogen) atoms. The molecule has 106 valence electrons. The van der Waals surface area contributed by atoms with E-state index in [0.29, 0.717) is 11.3 Å². The topological polar surface area (TPSA) is 66.9 Å². The Kier molecular flexibility index (Phi) is 3.74. The molecule has 0 bridgehead atoms. The smallest absolute Gasteiger partial charge is 0.339 e. The Hall–Kier alpha value is -2.37. The Bertz CT molecular complexity index is 570. The average molecular weight is 276 g/mol. The number of carbonyl (C=O) groups is 3. The first-order valence-electron chi connectivity index (χ1n) is 6.18. The number of para-hydroxylation sites is 1. The van der Waals surface area contributed by atoms with Gasteiger partial charge in [-0.1, -0.05) is 12.1 Å². The lowest BCUT2D eigenvalue weighted by Crippen LogP contribution is -2.39. The first-order valence-corrected chi connectivity index (χ1v) is 6.18. The molecule has 0 spiro atoms. The van der Waals surface area contributed by atoms with Crippen LogP contribution in [0.4, 0.5) is 5.69 Å². The summed E-state index contributed by atoms with van der Waals surface area (Å²) in [5, 5.41) is 0. The fraction of sp³-hybridized carbons (Fsp3) is 0.357. The van der Waals surface area contributed by atoms with E-state index in [4.69, 9.17) is 4.74 Å². The third-order valence-electron chi connectivity index (χ3n) is 3.51. The molecule has 1 aromatic rings. The number of benzene rings is 1. The highest BCUT2D eigenvalue weighted by Gasteiger charge is 2.39. The van der Waals surface area contributed by atoms with Gasteiger partial charge in [0.25, 0.3) is 5.91 Å². The van der Waals surface area contributed by atoms with Crippen molar-refractivity contribution in [2.24, 2.45) is 0 Å². The number of ether oxygens (including phenoxy) is 1. The standard InChI is InChI=1S/C14H16N2O4/c1-15(11-8-12(17)16(2)13(11)18)10-7-5-4-6-9(10)14(19)20-3/h4-7,11H,8H2,1-3H3. The number of rotatable bonds is 3. The number of nitrogens with zero attached hydrogens (tertiary/aromatic N) is 2. The molecule has 6 nitrogen and oxygen atoms in total. The van der Waals surface area contributed by atoms with E-state index in [2.05, 4.69) is 0 Å². The Balaban J connectivity index is 2.35. The molecule has 1 aromatic carbocycles. The lowest BCUT2D eigenvalue weighted by Gasteiger charge is -2.26. The molecule has 0 aliphatic carbocycles. The molecule has 2 amide bonds. The van der Waals surface area contributed by atoms with Gasteiger partial charge in [-0.25, -0.2) is 4.79 Å². The largest absolute Gasteiger partial charge is 0.465 e. The molecule has 6 heteroatoms. The summed E-state index contributed by atoms with van der Waals surface area (Å²) in [6.07, 6.45) is 0.112. The van der Waals surface area contributed by atoms with Crippen molar-refractivity contribution in [3.05, 3.63) is 29.8 Å². The molecule has 0 aromatic heterocycles. The molecule has 0 radical (unpaired) electrons. The number of carbonyl (C=O) groups excluding carboxylic acids is 3. The minimum Gasteiger partial charge on any atom is -0.465 e. The lowest BCUT2D eigenvalue weighted by atomic mass is 10.1. The summed E-state index contributed by atoms with van der Waals surface area (Å²) in [5.41, 5.74) is 0.938. The number of likely N-dealkylation sites (tertiary alicyclic amines) is 1. The first-order chi connectivity index (χ1) is 9.47. The van der Waals surface area contributed by atoms with Crippen molar-refractivity contribution in [2.45, 2.75) is 12.5 Å². The molecule has 1 atom stereocenters. The van der Waals surface area contributed by atoms with Crippen molar-refractivity contribution in [3.63, 3.8) is 0 Å². The van der Waals surface area contributed by atoms with Gasteiger partial charge < -0.3 is 9.64 Å². The van der Waals surface area contributed by atoms with Gasteiger partial charge in [-0.2, -0.15) is 0 Å². The predicted octanol–water partition coefficient (Wildman–Crippen LogP) is 0.667. The van der Waals surface area contributed by atoms with Gasteiger partial charge in [0.1, 0.15) is 6.04 Å². The Morgan fingerprint density at radius 3 is 2.55 bits per heavy atom. The minimum absolute atomic E-state index is 0.112. The molecule has 1 unspecified atom stereocenters. The van der Waals surface area contributed by atoms with Crippen molar-refractivity contribution in [1.29, 1.82) is 0 Å². The van der Waals surface area contributed by atoms with Crippen molar-refractivity contribution in [1.82, 2.24) is 4.90 Å². The fourth-order valence-electron chi connectivity index (χ4n) is 2.27. The van der Waals surface area contributed by atoms with Crippen LogP contribution in [0.25, 0.3) is 0 Å². The van der Waals surface area contributed by atoms with Crippen LogP contribution < -0.4 is 4.90 Å². The second kappa shape index (κ2) is 5.32. The van der Waals surface area contributed by atoms with Crippen molar-refractivity contribution >= 4 is 23.5 Å². The van der Waals surface area contributed by atoms with Crippen LogP contribution in [0, 0.1) is 0 Å². The van der Waals surface area contributed by atoms with Crippen LogP contribution in [0.2, 0.25) is 0 Å². The van der Waals surface area contributed by atoms with Gasteiger partial charge in [-0.3, -0.25) is 14.5 Å². The molecule has 1 fully saturated rings. The van der Waals surface area contributed by atoms with E-state index in [1.807, 2.05) is 0 Å². The van der Waals surface area contributed by atoms with Crippen molar-refractivity contribution < 1.29 is 19.1 Å². The van der Waals surface area contributed by atoms with Gasteiger partial charge in [0.15, 0.2) is 0 Å². The van der Waals surface area contributed by atoms with E-state index in [1.54, 1.807) is 36.2 Å². The molecule has 1 aliphatic heterocycles. The molecule has 0 N–H and O–H groups in total. The van der Waals surface area contributed by atoms with Crippen LogP contribution in [-0.2, 0) is 14.3 Å². The van der Waals surface area contributed by atoms with Gasteiger partial charge in [0.05, 0.1) is 24.8 Å². The molecule has 1 saturated heterocycles. The van der Waals surface area contributed by atoms with E-state index >= 15 is 0 Å². The third-order valence-corrected chi connectivity index (χ3v) is 3.51. The van der Waals surface area contributed by atoms with Crippen molar-refractivity contribution in [3.8, 4) is 0 Å². The van der Waals surface area contributed by atoms with Crippen LogP contribution in [-0.4, -0.2) is 49.9 Å². The zero-order chi connectivity index (χ0) is 14.9. The monoisotopic (exact) mass is 276 g/mol. The number of anilines is 1. The number of hydrogen-bond donors (Lipinski definition) is 0. The number of likely N-dealkylation sites (N-methyl/N-ethyl adjacent to an activating group) is 2. The van der Waals surface area contributed by atoms with Crippen molar-refractivity contribution in [2.75, 3.05) is 26.1 Å². The maximum atomic E-state index is 12.0. The molecular formula is C14H16N2O4. The highest BCUT2D eigenvalue weighted by atomic mass is 16.5. The average Bonchev–Trinajstić information content (AvgIpc) is 2.73. The van der Waals surface area contributed by atoms with E-state index in [9.17, 15) is 14.4 Å². The normalized spacial score (nSPS) is 18.4. The molecule has 1 aliphatic rings. The van der Waals surface area contributed by atoms with Crippen LogP contribution in [0.3, 0.4) is 0 Å². The zero-order valence-corrected chi connectivity index (χ0v) is 11.6. The summed E-state index contributed by atoms with van der Waals surface area (Å²) >= 11 is 0. The van der Waals surface area contributed by atoms with Crippen LogP contribution >= 0.6 is 0 Å². The zero-order valence-electron chi connectivity index (χ0n) is 11.6. The SMILES string of the molecule is COC(=O)c1ccccc1N(C)C1CC(=O)N(C)C1=O.